The molecule has 2 rings (SSSR count). The predicted molar refractivity (Wildman–Crippen MR) is 68.7 cm³/mol. The van der Waals surface area contributed by atoms with Gasteiger partial charge in [-0.05, 0) is 6.07 Å². The fourth-order valence-electron chi connectivity index (χ4n) is 2.25. The van der Waals surface area contributed by atoms with Crippen LogP contribution in [0.2, 0.25) is 0 Å². The summed E-state index contributed by atoms with van der Waals surface area (Å²) in [5.41, 5.74) is 2.44. The topological polar surface area (TPSA) is 30.5 Å². The Morgan fingerprint density at radius 2 is 1.72 bits per heavy atom. The molecule has 0 saturated heterocycles. The van der Waals surface area contributed by atoms with E-state index in [1.807, 2.05) is 6.07 Å². The number of fused-ring (bicyclic) bond motifs is 1. The maximum Gasteiger partial charge on any atom is 0.162 e. The summed E-state index contributed by atoms with van der Waals surface area (Å²) in [6, 6.07) is 4.10. The quantitative estimate of drug-likeness (QED) is 0.524. The van der Waals surface area contributed by atoms with E-state index in [1.165, 1.54) is 5.56 Å². The summed E-state index contributed by atoms with van der Waals surface area (Å²) >= 11 is 0. The second-order valence-corrected chi connectivity index (χ2v) is 5.11. The summed E-state index contributed by atoms with van der Waals surface area (Å²) in [4.78, 5) is 0. The van der Waals surface area contributed by atoms with Crippen LogP contribution in [0.25, 0.3) is 0 Å². The van der Waals surface area contributed by atoms with E-state index in [1.54, 1.807) is 14.2 Å². The summed E-state index contributed by atoms with van der Waals surface area (Å²) in [6.07, 6.45) is 0. The lowest BCUT2D eigenvalue weighted by atomic mass is 10.1. The molecule has 1 aromatic carbocycles. The number of benzene rings is 1. The maximum atomic E-state index is 5.35. The molecule has 0 fully saturated rings. The molecule has 0 atom stereocenters. The van der Waals surface area contributed by atoms with Gasteiger partial charge in [0.25, 0.3) is 0 Å². The van der Waals surface area contributed by atoms with E-state index in [4.69, 9.17) is 9.47 Å². The SMILES string of the molecule is COc1cc2c(cc1OC)NCC[N+](C)(C)C2.[I-]. The highest BCUT2D eigenvalue weighted by molar-refractivity contribution is 5.60. The number of quaternary nitrogens is 1. The van der Waals surface area contributed by atoms with Gasteiger partial charge in [0.2, 0.25) is 0 Å². The van der Waals surface area contributed by atoms with Crippen LogP contribution in [0, 0.1) is 0 Å². The Labute approximate surface area is 126 Å². The zero-order valence-corrected chi connectivity index (χ0v) is 13.6. The van der Waals surface area contributed by atoms with Crippen molar-refractivity contribution < 1.29 is 37.9 Å². The van der Waals surface area contributed by atoms with Crippen LogP contribution >= 0.6 is 0 Å². The zero-order chi connectivity index (χ0) is 12.5. The largest absolute Gasteiger partial charge is 1.00 e. The molecule has 1 aliphatic heterocycles. The third kappa shape index (κ3) is 3.20. The smallest absolute Gasteiger partial charge is 0.162 e. The Bertz CT molecular complexity index is 422. The van der Waals surface area contributed by atoms with Crippen LogP contribution in [-0.2, 0) is 6.54 Å². The minimum atomic E-state index is 0. The lowest BCUT2D eigenvalue weighted by Gasteiger charge is -2.27. The molecule has 1 heterocycles. The number of halogens is 1. The highest BCUT2D eigenvalue weighted by Crippen LogP contribution is 2.35. The number of hydrogen-bond acceptors (Lipinski definition) is 3. The molecule has 0 aromatic heterocycles. The lowest BCUT2D eigenvalue weighted by molar-refractivity contribution is -0.901. The molecule has 0 amide bonds. The second kappa shape index (κ2) is 5.97. The Balaban J connectivity index is 0.00000162. The van der Waals surface area contributed by atoms with Crippen LogP contribution < -0.4 is 38.8 Å². The van der Waals surface area contributed by atoms with Crippen molar-refractivity contribution in [3.8, 4) is 11.5 Å². The molecule has 1 aromatic rings. The number of methoxy groups -OCH3 is 2. The van der Waals surface area contributed by atoms with E-state index in [0.717, 1.165) is 41.3 Å². The van der Waals surface area contributed by atoms with E-state index in [0.29, 0.717) is 0 Å². The normalized spacial score (nSPS) is 16.7. The van der Waals surface area contributed by atoms with Crippen molar-refractivity contribution in [3.05, 3.63) is 17.7 Å². The van der Waals surface area contributed by atoms with Crippen LogP contribution in [0.1, 0.15) is 5.56 Å². The van der Waals surface area contributed by atoms with Gasteiger partial charge >= 0.3 is 0 Å². The number of anilines is 1. The molecular formula is C13H21IN2O2. The van der Waals surface area contributed by atoms with Gasteiger partial charge in [0.1, 0.15) is 6.54 Å². The van der Waals surface area contributed by atoms with Crippen LogP contribution in [0.15, 0.2) is 12.1 Å². The second-order valence-electron chi connectivity index (χ2n) is 5.11. The van der Waals surface area contributed by atoms with Crippen molar-refractivity contribution in [3.63, 3.8) is 0 Å². The number of ether oxygens (including phenoxy) is 2. The van der Waals surface area contributed by atoms with Crippen molar-refractivity contribution >= 4 is 5.69 Å². The van der Waals surface area contributed by atoms with Crippen LogP contribution in [0.3, 0.4) is 0 Å². The maximum absolute atomic E-state index is 5.35. The Morgan fingerprint density at radius 3 is 2.33 bits per heavy atom. The zero-order valence-electron chi connectivity index (χ0n) is 11.4. The van der Waals surface area contributed by atoms with Crippen molar-refractivity contribution in [2.75, 3.05) is 46.7 Å². The van der Waals surface area contributed by atoms with E-state index in [9.17, 15) is 0 Å². The molecule has 4 nitrogen and oxygen atoms in total. The first-order valence-electron chi connectivity index (χ1n) is 5.86. The first kappa shape index (κ1) is 15.4. The molecule has 0 unspecified atom stereocenters. The van der Waals surface area contributed by atoms with Gasteiger partial charge in [-0.25, -0.2) is 0 Å². The Kier molecular flexibility index (Phi) is 5.10. The molecule has 0 radical (unpaired) electrons. The summed E-state index contributed by atoms with van der Waals surface area (Å²) in [6.45, 7) is 3.09. The summed E-state index contributed by atoms with van der Waals surface area (Å²) in [7, 11) is 7.83. The van der Waals surface area contributed by atoms with E-state index < -0.39 is 0 Å². The van der Waals surface area contributed by atoms with E-state index in [2.05, 4.69) is 25.5 Å². The standard InChI is InChI=1S/C13H21N2O2.HI/c1-15(2)6-5-14-11-8-13(17-4)12(16-3)7-10(11)9-15;/h7-8,14H,5-6,9H2,1-4H3;1H/q+1;/p-1. The molecule has 1 N–H and O–H groups in total. The number of nitrogens with zero attached hydrogens (tertiary/aromatic N) is 1. The summed E-state index contributed by atoms with van der Waals surface area (Å²) in [5, 5.41) is 3.46. The van der Waals surface area contributed by atoms with Crippen LogP contribution in [0.5, 0.6) is 11.5 Å². The molecule has 0 bridgehead atoms. The molecule has 1 aliphatic rings. The average molecular weight is 364 g/mol. The van der Waals surface area contributed by atoms with Crippen molar-refractivity contribution in [1.82, 2.24) is 0 Å². The van der Waals surface area contributed by atoms with Gasteiger partial charge in [0.05, 0.1) is 41.4 Å². The van der Waals surface area contributed by atoms with Crippen molar-refractivity contribution in [2.24, 2.45) is 0 Å². The van der Waals surface area contributed by atoms with Gasteiger partial charge in [-0.2, -0.15) is 0 Å². The highest BCUT2D eigenvalue weighted by Gasteiger charge is 2.23. The molecular weight excluding hydrogens is 343 g/mol. The van der Waals surface area contributed by atoms with Gasteiger partial charge < -0.3 is 43.3 Å². The van der Waals surface area contributed by atoms with Gasteiger partial charge in [0, 0.05) is 17.3 Å². The number of nitrogens with one attached hydrogen (secondary N) is 1. The van der Waals surface area contributed by atoms with Crippen LogP contribution in [-0.4, -0.2) is 45.9 Å². The lowest BCUT2D eigenvalue weighted by Crippen LogP contribution is -3.00. The van der Waals surface area contributed by atoms with Crippen molar-refractivity contribution in [2.45, 2.75) is 6.54 Å². The molecule has 5 heteroatoms. The summed E-state index contributed by atoms with van der Waals surface area (Å²) in [5.74, 6) is 1.58. The van der Waals surface area contributed by atoms with Gasteiger partial charge in [-0.15, -0.1) is 0 Å². The highest BCUT2D eigenvalue weighted by atomic mass is 127. The van der Waals surface area contributed by atoms with Gasteiger partial charge in [0.15, 0.2) is 11.5 Å². The fourth-order valence-corrected chi connectivity index (χ4v) is 2.25. The van der Waals surface area contributed by atoms with Gasteiger partial charge in [-0.3, -0.25) is 0 Å². The minimum Gasteiger partial charge on any atom is -1.00 e. The Morgan fingerprint density at radius 1 is 1.11 bits per heavy atom. The number of likely N-dealkylation sites (N-methyl/N-ethyl adjacent to an activating group) is 1. The number of rotatable bonds is 2. The average Bonchev–Trinajstić information content (AvgIpc) is 2.43. The van der Waals surface area contributed by atoms with E-state index >= 15 is 0 Å². The fraction of sp³-hybridized carbons (Fsp3) is 0.538. The van der Waals surface area contributed by atoms with Gasteiger partial charge in [-0.1, -0.05) is 0 Å². The molecule has 18 heavy (non-hydrogen) atoms. The van der Waals surface area contributed by atoms with Crippen molar-refractivity contribution in [1.29, 1.82) is 0 Å². The first-order valence-corrected chi connectivity index (χ1v) is 5.86. The van der Waals surface area contributed by atoms with E-state index in [-0.39, 0.29) is 24.0 Å². The number of hydrogen-bond donors (Lipinski definition) is 1. The first-order chi connectivity index (χ1) is 8.05. The molecule has 102 valence electrons. The third-order valence-corrected chi connectivity index (χ3v) is 3.24. The molecule has 0 spiro atoms. The monoisotopic (exact) mass is 364 g/mol. The minimum absolute atomic E-state index is 0. The van der Waals surface area contributed by atoms with Crippen LogP contribution in [0.4, 0.5) is 5.69 Å². The predicted octanol–water partition coefficient (Wildman–Crippen LogP) is -1.29. The summed E-state index contributed by atoms with van der Waals surface area (Å²) < 4.78 is 11.7. The molecule has 0 saturated carbocycles. The molecule has 0 aliphatic carbocycles. The Hall–Kier alpha value is -0.690. The third-order valence-electron chi connectivity index (χ3n) is 3.24.